The van der Waals surface area contributed by atoms with Gasteiger partial charge < -0.3 is 14.9 Å². The molecule has 0 heterocycles. The molecular formula is C10H16O5. The molecule has 2 N–H and O–H groups in total. The van der Waals surface area contributed by atoms with Crippen molar-refractivity contribution in [3.63, 3.8) is 0 Å². The summed E-state index contributed by atoms with van der Waals surface area (Å²) in [6.45, 7) is 8.39. The van der Waals surface area contributed by atoms with Crippen molar-refractivity contribution in [2.24, 2.45) is 5.92 Å². The Morgan fingerprint density at radius 2 is 1.67 bits per heavy atom. The Kier molecular flexibility index (Phi) is 10.8. The van der Waals surface area contributed by atoms with Gasteiger partial charge in [0.15, 0.2) is 0 Å². The molecule has 5 heteroatoms. The van der Waals surface area contributed by atoms with Crippen LogP contribution in [-0.2, 0) is 14.3 Å². The number of ether oxygens (including phenoxy) is 1. The molecule has 0 aromatic heterocycles. The standard InChI is InChI=1S/C6H12O.C4H4O4/c1-4-7-5-6(2)3;5-3(6)1-2-4(7)8/h4,6H,1,5H2,2-3H3;1-2H,(H,5,6)(H,7,8)/b;2-1-. The van der Waals surface area contributed by atoms with E-state index < -0.39 is 11.9 Å². The molecule has 0 saturated carbocycles. The Labute approximate surface area is 88.7 Å². The van der Waals surface area contributed by atoms with Crippen molar-refractivity contribution in [3.05, 3.63) is 25.0 Å². The smallest absolute Gasteiger partial charge is 0.328 e. The molecule has 0 atom stereocenters. The minimum absolute atomic E-state index is 0.558. The number of carboxylic acids is 2. The molecule has 0 saturated heterocycles. The van der Waals surface area contributed by atoms with Gasteiger partial charge in [-0.2, -0.15) is 0 Å². The fourth-order valence-electron chi connectivity index (χ4n) is 0.403. The highest BCUT2D eigenvalue weighted by Gasteiger charge is 1.88. The Morgan fingerprint density at radius 3 is 1.80 bits per heavy atom. The number of hydrogen-bond donors (Lipinski definition) is 2. The Bertz CT molecular complexity index is 214. The fourth-order valence-corrected chi connectivity index (χ4v) is 0.403. The molecule has 0 spiro atoms. The lowest BCUT2D eigenvalue weighted by Crippen LogP contribution is -1.95. The van der Waals surface area contributed by atoms with Crippen LogP contribution in [-0.4, -0.2) is 28.8 Å². The zero-order chi connectivity index (χ0) is 12.3. The van der Waals surface area contributed by atoms with Crippen LogP contribution in [0.4, 0.5) is 0 Å². The number of aliphatic carboxylic acids is 2. The summed E-state index contributed by atoms with van der Waals surface area (Å²) >= 11 is 0. The molecular weight excluding hydrogens is 200 g/mol. The van der Waals surface area contributed by atoms with E-state index in [4.69, 9.17) is 14.9 Å². The molecule has 86 valence electrons. The largest absolute Gasteiger partial charge is 0.502 e. The topological polar surface area (TPSA) is 83.8 Å². The number of carboxylic acid groups (broad SMARTS) is 2. The third-order valence-corrected chi connectivity index (χ3v) is 0.916. The first-order valence-electron chi connectivity index (χ1n) is 4.26. The van der Waals surface area contributed by atoms with Crippen LogP contribution in [0.2, 0.25) is 0 Å². The van der Waals surface area contributed by atoms with Crippen LogP contribution >= 0.6 is 0 Å². The first-order valence-corrected chi connectivity index (χ1v) is 4.26. The maximum atomic E-state index is 9.55. The zero-order valence-corrected chi connectivity index (χ0v) is 8.84. The molecule has 0 amide bonds. The van der Waals surface area contributed by atoms with E-state index >= 15 is 0 Å². The summed E-state index contributed by atoms with van der Waals surface area (Å²) in [5, 5.41) is 15.6. The maximum absolute atomic E-state index is 9.55. The summed E-state index contributed by atoms with van der Waals surface area (Å²) in [5.74, 6) is -1.90. The van der Waals surface area contributed by atoms with Gasteiger partial charge in [0.1, 0.15) is 0 Å². The van der Waals surface area contributed by atoms with E-state index in [1.54, 1.807) is 0 Å². The van der Waals surface area contributed by atoms with Gasteiger partial charge in [0.05, 0.1) is 12.9 Å². The van der Waals surface area contributed by atoms with Crippen molar-refractivity contribution in [3.8, 4) is 0 Å². The van der Waals surface area contributed by atoms with Crippen LogP contribution in [0.1, 0.15) is 13.8 Å². The van der Waals surface area contributed by atoms with Crippen LogP contribution in [0.3, 0.4) is 0 Å². The Balaban J connectivity index is 0. The summed E-state index contributed by atoms with van der Waals surface area (Å²) in [7, 11) is 0. The van der Waals surface area contributed by atoms with Crippen molar-refractivity contribution in [2.45, 2.75) is 13.8 Å². The SMILES string of the molecule is C=COCC(C)C.O=C(O)/C=C\C(=O)O. The predicted octanol–water partition coefficient (Wildman–Crippen LogP) is 1.51. The summed E-state index contributed by atoms with van der Waals surface area (Å²) in [4.78, 5) is 19.1. The summed E-state index contributed by atoms with van der Waals surface area (Å²) in [6.07, 6.45) is 2.59. The summed E-state index contributed by atoms with van der Waals surface area (Å²) in [6, 6.07) is 0. The maximum Gasteiger partial charge on any atom is 0.328 e. The number of carbonyl (C=O) groups is 2. The van der Waals surface area contributed by atoms with Gasteiger partial charge in [-0.1, -0.05) is 20.4 Å². The molecule has 0 radical (unpaired) electrons. The molecule has 0 aliphatic rings. The van der Waals surface area contributed by atoms with E-state index in [9.17, 15) is 9.59 Å². The molecule has 0 aromatic rings. The number of hydrogen-bond acceptors (Lipinski definition) is 3. The third kappa shape index (κ3) is 24.5. The van der Waals surface area contributed by atoms with Crippen molar-refractivity contribution < 1.29 is 24.5 Å². The summed E-state index contributed by atoms with van der Waals surface area (Å²) < 4.78 is 4.86. The van der Waals surface area contributed by atoms with E-state index in [1.165, 1.54) is 6.26 Å². The molecule has 0 bridgehead atoms. The quantitative estimate of drug-likeness (QED) is 0.537. The highest BCUT2D eigenvalue weighted by atomic mass is 16.5. The average molecular weight is 216 g/mol. The first-order chi connectivity index (χ1) is 6.90. The van der Waals surface area contributed by atoms with Crippen LogP contribution < -0.4 is 0 Å². The molecule has 0 unspecified atom stereocenters. The zero-order valence-electron chi connectivity index (χ0n) is 8.84. The van der Waals surface area contributed by atoms with Crippen molar-refractivity contribution in [1.82, 2.24) is 0 Å². The van der Waals surface area contributed by atoms with Gasteiger partial charge in [-0.05, 0) is 5.92 Å². The molecule has 0 aliphatic carbocycles. The van der Waals surface area contributed by atoms with Gasteiger partial charge in [0, 0.05) is 12.2 Å². The third-order valence-electron chi connectivity index (χ3n) is 0.916. The van der Waals surface area contributed by atoms with E-state index in [0.29, 0.717) is 18.1 Å². The minimum atomic E-state index is -1.26. The van der Waals surface area contributed by atoms with Gasteiger partial charge in [-0.25, -0.2) is 9.59 Å². The van der Waals surface area contributed by atoms with Crippen molar-refractivity contribution >= 4 is 11.9 Å². The molecule has 0 fully saturated rings. The van der Waals surface area contributed by atoms with Crippen LogP contribution in [0.5, 0.6) is 0 Å². The van der Waals surface area contributed by atoms with Gasteiger partial charge >= 0.3 is 11.9 Å². The second-order valence-corrected chi connectivity index (χ2v) is 2.90. The van der Waals surface area contributed by atoms with E-state index in [-0.39, 0.29) is 0 Å². The van der Waals surface area contributed by atoms with E-state index in [0.717, 1.165) is 6.61 Å². The van der Waals surface area contributed by atoms with E-state index in [2.05, 4.69) is 20.4 Å². The molecule has 15 heavy (non-hydrogen) atoms. The molecule has 5 nitrogen and oxygen atoms in total. The lowest BCUT2D eigenvalue weighted by atomic mass is 10.2. The van der Waals surface area contributed by atoms with Crippen LogP contribution in [0.25, 0.3) is 0 Å². The van der Waals surface area contributed by atoms with Gasteiger partial charge in [0.2, 0.25) is 0 Å². The average Bonchev–Trinajstić information content (AvgIpc) is 2.12. The van der Waals surface area contributed by atoms with Crippen molar-refractivity contribution in [2.75, 3.05) is 6.61 Å². The lowest BCUT2D eigenvalue weighted by Gasteiger charge is -2.00. The summed E-state index contributed by atoms with van der Waals surface area (Å²) in [5.41, 5.74) is 0. The van der Waals surface area contributed by atoms with Crippen molar-refractivity contribution in [1.29, 1.82) is 0 Å². The number of rotatable bonds is 5. The van der Waals surface area contributed by atoms with Gasteiger partial charge in [-0.3, -0.25) is 0 Å². The monoisotopic (exact) mass is 216 g/mol. The highest BCUT2D eigenvalue weighted by molar-refractivity contribution is 5.89. The van der Waals surface area contributed by atoms with Gasteiger partial charge in [0.25, 0.3) is 0 Å². The normalized spacial score (nSPS) is 9.27. The highest BCUT2D eigenvalue weighted by Crippen LogP contribution is 1.90. The van der Waals surface area contributed by atoms with Gasteiger partial charge in [-0.15, -0.1) is 0 Å². The molecule has 0 aliphatic heterocycles. The Morgan fingerprint density at radius 1 is 1.27 bits per heavy atom. The van der Waals surface area contributed by atoms with Crippen LogP contribution in [0.15, 0.2) is 25.0 Å². The molecule has 0 aromatic carbocycles. The lowest BCUT2D eigenvalue weighted by molar-refractivity contribution is -0.134. The fraction of sp³-hybridized carbons (Fsp3) is 0.400. The second kappa shape index (κ2) is 10.3. The predicted molar refractivity (Wildman–Crippen MR) is 55.4 cm³/mol. The second-order valence-electron chi connectivity index (χ2n) is 2.90. The molecule has 0 rings (SSSR count). The Hall–Kier alpha value is -1.78. The minimum Gasteiger partial charge on any atom is -0.502 e. The van der Waals surface area contributed by atoms with Crippen LogP contribution in [0, 0.1) is 5.92 Å². The van der Waals surface area contributed by atoms with E-state index in [1.807, 2.05) is 0 Å². The first kappa shape index (κ1) is 15.7.